The summed E-state index contributed by atoms with van der Waals surface area (Å²) in [6.45, 7) is 2.70. The zero-order chi connectivity index (χ0) is 13.2. The lowest BCUT2D eigenvalue weighted by Gasteiger charge is -2.17. The number of anilines is 1. The van der Waals surface area contributed by atoms with Crippen LogP contribution in [-0.2, 0) is 4.74 Å². The summed E-state index contributed by atoms with van der Waals surface area (Å²) in [4.78, 5) is 13.3. The topological polar surface area (TPSA) is 73.9 Å². The molecule has 0 bridgehead atoms. The van der Waals surface area contributed by atoms with E-state index in [-0.39, 0.29) is 6.10 Å². The van der Waals surface area contributed by atoms with E-state index in [4.69, 9.17) is 10.5 Å². The van der Waals surface area contributed by atoms with Gasteiger partial charge in [0, 0.05) is 12.5 Å². The average Bonchev–Trinajstić information content (AvgIpc) is 3.08. The van der Waals surface area contributed by atoms with Crippen molar-refractivity contribution in [1.29, 1.82) is 0 Å². The van der Waals surface area contributed by atoms with Gasteiger partial charge in [-0.15, -0.1) is 0 Å². The van der Waals surface area contributed by atoms with Crippen LogP contribution < -0.4 is 5.73 Å². The van der Waals surface area contributed by atoms with Crippen molar-refractivity contribution in [3.8, 4) is 0 Å². The molecule has 0 aliphatic heterocycles. The molecule has 3 rings (SSSR count). The molecule has 1 atom stereocenters. The molecular formula is C14H22N4O. The number of hydrogen-bond acceptors (Lipinski definition) is 5. The highest BCUT2D eigenvalue weighted by Crippen LogP contribution is 2.42. The van der Waals surface area contributed by atoms with Crippen LogP contribution in [0.15, 0.2) is 0 Å². The minimum atomic E-state index is 0.00968. The fourth-order valence-corrected chi connectivity index (χ4v) is 2.92. The molecule has 0 radical (unpaired) electrons. The Bertz CT molecular complexity index is 441. The average molecular weight is 262 g/mol. The molecule has 0 amide bonds. The van der Waals surface area contributed by atoms with E-state index in [1.54, 1.807) is 0 Å². The molecule has 0 aromatic carbocycles. The minimum absolute atomic E-state index is 0.00968. The summed E-state index contributed by atoms with van der Waals surface area (Å²) in [5.74, 6) is 3.00. The predicted octanol–water partition coefficient (Wildman–Crippen LogP) is 2.60. The third kappa shape index (κ3) is 2.86. The van der Waals surface area contributed by atoms with Crippen molar-refractivity contribution in [2.45, 2.75) is 57.5 Å². The molecule has 1 aromatic heterocycles. The smallest absolute Gasteiger partial charge is 0.223 e. The van der Waals surface area contributed by atoms with Gasteiger partial charge in [0.2, 0.25) is 5.95 Å². The van der Waals surface area contributed by atoms with Crippen molar-refractivity contribution in [3.05, 3.63) is 11.6 Å². The quantitative estimate of drug-likeness (QED) is 0.882. The maximum absolute atomic E-state index is 5.86. The Kier molecular flexibility index (Phi) is 3.64. The summed E-state index contributed by atoms with van der Waals surface area (Å²) < 4.78 is 5.82. The SMILES string of the molecule is CCOC(c1nc(N)nc(C2CCCC2)n1)C1CC1. The highest BCUT2D eigenvalue weighted by Gasteiger charge is 2.35. The van der Waals surface area contributed by atoms with E-state index in [1.807, 2.05) is 6.92 Å². The Balaban J connectivity index is 1.86. The van der Waals surface area contributed by atoms with Gasteiger partial charge in [-0.1, -0.05) is 12.8 Å². The molecule has 2 fully saturated rings. The maximum atomic E-state index is 5.86. The number of nitrogens with zero attached hydrogens (tertiary/aromatic N) is 3. The van der Waals surface area contributed by atoms with Gasteiger partial charge in [0.1, 0.15) is 11.9 Å². The molecule has 2 saturated carbocycles. The van der Waals surface area contributed by atoms with Crippen LogP contribution in [0.25, 0.3) is 0 Å². The van der Waals surface area contributed by atoms with Gasteiger partial charge in [-0.25, -0.2) is 4.98 Å². The number of hydrogen-bond donors (Lipinski definition) is 1. The molecule has 0 spiro atoms. The van der Waals surface area contributed by atoms with Crippen molar-refractivity contribution >= 4 is 5.95 Å². The highest BCUT2D eigenvalue weighted by atomic mass is 16.5. The first-order valence-electron chi connectivity index (χ1n) is 7.41. The molecule has 19 heavy (non-hydrogen) atoms. The van der Waals surface area contributed by atoms with Crippen LogP contribution in [-0.4, -0.2) is 21.6 Å². The zero-order valence-electron chi connectivity index (χ0n) is 11.5. The first kappa shape index (κ1) is 12.8. The Hall–Kier alpha value is -1.23. The number of aromatic nitrogens is 3. The monoisotopic (exact) mass is 262 g/mol. The third-order valence-corrected chi connectivity index (χ3v) is 4.06. The van der Waals surface area contributed by atoms with E-state index in [0.29, 0.717) is 24.4 Å². The normalized spacial score (nSPS) is 21.7. The molecule has 2 N–H and O–H groups in total. The van der Waals surface area contributed by atoms with Crippen LogP contribution in [0, 0.1) is 5.92 Å². The summed E-state index contributed by atoms with van der Waals surface area (Å²) >= 11 is 0. The number of nitrogens with two attached hydrogens (primary N) is 1. The molecule has 0 saturated heterocycles. The lowest BCUT2D eigenvalue weighted by atomic mass is 10.1. The van der Waals surface area contributed by atoms with Crippen LogP contribution in [0.1, 0.15) is 69.1 Å². The van der Waals surface area contributed by atoms with E-state index >= 15 is 0 Å². The van der Waals surface area contributed by atoms with Gasteiger partial charge in [0.25, 0.3) is 0 Å². The first-order valence-corrected chi connectivity index (χ1v) is 7.41. The molecule has 2 aliphatic rings. The predicted molar refractivity (Wildman–Crippen MR) is 72.5 cm³/mol. The molecule has 2 aliphatic carbocycles. The second-order valence-electron chi connectivity index (χ2n) is 5.60. The van der Waals surface area contributed by atoms with Gasteiger partial charge in [-0.2, -0.15) is 9.97 Å². The number of rotatable bonds is 5. The molecular weight excluding hydrogens is 240 g/mol. The van der Waals surface area contributed by atoms with Crippen molar-refractivity contribution in [2.24, 2.45) is 5.92 Å². The lowest BCUT2D eigenvalue weighted by molar-refractivity contribution is 0.0397. The van der Waals surface area contributed by atoms with E-state index in [0.717, 1.165) is 11.6 Å². The van der Waals surface area contributed by atoms with Crippen molar-refractivity contribution in [2.75, 3.05) is 12.3 Å². The molecule has 5 heteroatoms. The summed E-state index contributed by atoms with van der Waals surface area (Å²) in [5.41, 5.74) is 5.86. The van der Waals surface area contributed by atoms with Gasteiger partial charge in [0.15, 0.2) is 5.82 Å². The van der Waals surface area contributed by atoms with Crippen LogP contribution in [0.5, 0.6) is 0 Å². The van der Waals surface area contributed by atoms with Crippen molar-refractivity contribution in [1.82, 2.24) is 15.0 Å². The second kappa shape index (κ2) is 5.41. The van der Waals surface area contributed by atoms with E-state index < -0.39 is 0 Å². The summed E-state index contributed by atoms with van der Waals surface area (Å²) in [6.07, 6.45) is 7.29. The van der Waals surface area contributed by atoms with Crippen molar-refractivity contribution < 1.29 is 4.74 Å². The van der Waals surface area contributed by atoms with E-state index in [2.05, 4.69) is 15.0 Å². The molecule has 1 unspecified atom stereocenters. The zero-order valence-corrected chi connectivity index (χ0v) is 11.5. The van der Waals surface area contributed by atoms with Gasteiger partial charge >= 0.3 is 0 Å². The van der Waals surface area contributed by atoms with Crippen LogP contribution in [0.4, 0.5) is 5.95 Å². The van der Waals surface area contributed by atoms with E-state index in [9.17, 15) is 0 Å². The Morgan fingerprint density at radius 1 is 1.16 bits per heavy atom. The Morgan fingerprint density at radius 3 is 2.53 bits per heavy atom. The standard InChI is InChI=1S/C14H22N4O/c1-2-19-11(9-7-8-9)13-16-12(17-14(15)18-13)10-5-3-4-6-10/h9-11H,2-8H2,1H3,(H2,15,16,17,18). The third-order valence-electron chi connectivity index (χ3n) is 4.06. The van der Waals surface area contributed by atoms with Crippen LogP contribution >= 0.6 is 0 Å². The lowest BCUT2D eigenvalue weighted by Crippen LogP contribution is -2.16. The van der Waals surface area contributed by atoms with Gasteiger partial charge < -0.3 is 10.5 Å². The summed E-state index contributed by atoms with van der Waals surface area (Å²) in [6, 6.07) is 0. The van der Waals surface area contributed by atoms with E-state index in [1.165, 1.54) is 38.5 Å². The van der Waals surface area contributed by atoms with Crippen LogP contribution in [0.2, 0.25) is 0 Å². The fraction of sp³-hybridized carbons (Fsp3) is 0.786. The minimum Gasteiger partial charge on any atom is -0.370 e. The number of nitrogen functional groups attached to an aromatic ring is 1. The maximum Gasteiger partial charge on any atom is 0.223 e. The molecule has 1 aromatic rings. The molecule has 1 heterocycles. The van der Waals surface area contributed by atoms with Gasteiger partial charge in [-0.05, 0) is 38.5 Å². The Morgan fingerprint density at radius 2 is 1.89 bits per heavy atom. The highest BCUT2D eigenvalue weighted by molar-refractivity contribution is 5.19. The molecule has 104 valence electrons. The summed E-state index contributed by atoms with van der Waals surface area (Å²) in [7, 11) is 0. The van der Waals surface area contributed by atoms with Crippen molar-refractivity contribution in [3.63, 3.8) is 0 Å². The van der Waals surface area contributed by atoms with Crippen LogP contribution in [0.3, 0.4) is 0 Å². The Labute approximate surface area is 114 Å². The summed E-state index contributed by atoms with van der Waals surface area (Å²) in [5, 5.41) is 0. The fourth-order valence-electron chi connectivity index (χ4n) is 2.92. The number of ether oxygens (including phenoxy) is 1. The second-order valence-corrected chi connectivity index (χ2v) is 5.60. The van der Waals surface area contributed by atoms with Gasteiger partial charge in [-0.3, -0.25) is 0 Å². The van der Waals surface area contributed by atoms with Gasteiger partial charge in [0.05, 0.1) is 0 Å². The largest absolute Gasteiger partial charge is 0.370 e. The molecule has 5 nitrogen and oxygen atoms in total. The first-order chi connectivity index (χ1) is 9.28.